The second-order valence-electron chi connectivity index (χ2n) is 4.70. The van der Waals surface area contributed by atoms with Gasteiger partial charge in [-0.3, -0.25) is 4.79 Å². The summed E-state index contributed by atoms with van der Waals surface area (Å²) in [6.07, 6.45) is 0.755. The third-order valence-electron chi connectivity index (χ3n) is 3.53. The quantitative estimate of drug-likeness (QED) is 0.805. The molecule has 0 fully saturated rings. The number of fused-ring (bicyclic) bond motifs is 1. The molecule has 2 aromatic rings. The van der Waals surface area contributed by atoms with E-state index in [-0.39, 0.29) is 5.56 Å². The maximum atomic E-state index is 12.3. The van der Waals surface area contributed by atoms with E-state index in [0.717, 1.165) is 26.1 Å². The zero-order valence-corrected chi connectivity index (χ0v) is 12.0. The van der Waals surface area contributed by atoms with Crippen molar-refractivity contribution in [3.05, 3.63) is 45.2 Å². The molecule has 1 aromatic carbocycles. The lowest BCUT2D eigenvalue weighted by Gasteiger charge is -2.17. The molecule has 2 rings (SSSR count). The number of benzene rings is 1. The smallest absolute Gasteiger partial charge is 0.409 e. The Morgan fingerprint density at radius 1 is 1.15 bits per heavy atom. The predicted molar refractivity (Wildman–Crippen MR) is 79.1 cm³/mol. The molecule has 0 aliphatic carbocycles. The van der Waals surface area contributed by atoms with E-state index in [1.807, 2.05) is 0 Å². The van der Waals surface area contributed by atoms with Crippen LogP contribution in [0.3, 0.4) is 0 Å². The van der Waals surface area contributed by atoms with Crippen LogP contribution >= 0.6 is 0 Å². The molecule has 20 heavy (non-hydrogen) atoms. The fourth-order valence-corrected chi connectivity index (χ4v) is 2.29. The molecule has 1 heterocycles. The largest absolute Gasteiger partial charge is 0.422 e. The van der Waals surface area contributed by atoms with Gasteiger partial charge in [0, 0.05) is 6.54 Å². The summed E-state index contributed by atoms with van der Waals surface area (Å²) in [5, 5.41) is 0.454. The van der Waals surface area contributed by atoms with Gasteiger partial charge in [-0.05, 0) is 38.2 Å². The fraction of sp³-hybridized carbons (Fsp3) is 0.467. The lowest BCUT2D eigenvalue weighted by atomic mass is 10.2. The van der Waals surface area contributed by atoms with Crippen LogP contribution in [0.5, 0.6) is 0 Å². The van der Waals surface area contributed by atoms with Crippen LogP contribution in [0.2, 0.25) is 0 Å². The maximum absolute atomic E-state index is 12.3. The van der Waals surface area contributed by atoms with Gasteiger partial charge in [-0.1, -0.05) is 26.0 Å². The van der Waals surface area contributed by atoms with Gasteiger partial charge >= 0.3 is 5.76 Å². The minimum Gasteiger partial charge on any atom is -0.409 e. The number of hydrogen-bond donors (Lipinski definition) is 0. The topological polar surface area (TPSA) is 55.5 Å². The van der Waals surface area contributed by atoms with E-state index in [2.05, 4.69) is 18.7 Å². The molecule has 0 unspecified atom stereocenters. The molecule has 0 N–H and O–H groups in total. The summed E-state index contributed by atoms with van der Waals surface area (Å²) in [4.78, 5) is 26.4. The Bertz CT molecular complexity index is 683. The molecule has 5 nitrogen and oxygen atoms in total. The van der Waals surface area contributed by atoms with Crippen molar-refractivity contribution in [2.75, 3.05) is 19.6 Å². The van der Waals surface area contributed by atoms with Crippen LogP contribution in [0.4, 0.5) is 0 Å². The van der Waals surface area contributed by atoms with Crippen LogP contribution < -0.4 is 11.3 Å². The van der Waals surface area contributed by atoms with Gasteiger partial charge in [-0.2, -0.15) is 0 Å². The van der Waals surface area contributed by atoms with Gasteiger partial charge in [0.1, 0.15) is 5.58 Å². The van der Waals surface area contributed by atoms with E-state index >= 15 is 0 Å². The van der Waals surface area contributed by atoms with Gasteiger partial charge in [0.2, 0.25) is 0 Å². The Kier molecular flexibility index (Phi) is 4.74. The maximum Gasteiger partial charge on any atom is 0.422 e. The molecule has 0 saturated heterocycles. The molecule has 0 radical (unpaired) electrons. The highest BCUT2D eigenvalue weighted by molar-refractivity contribution is 5.74. The minimum atomic E-state index is -0.576. The highest BCUT2D eigenvalue weighted by Gasteiger charge is 2.09. The second kappa shape index (κ2) is 6.52. The van der Waals surface area contributed by atoms with Crippen LogP contribution in [0.25, 0.3) is 11.0 Å². The molecular formula is C15H20N2O3. The molecule has 0 aliphatic rings. The average Bonchev–Trinajstić information content (AvgIpc) is 2.46. The molecule has 0 amide bonds. The fourth-order valence-electron chi connectivity index (χ4n) is 2.29. The molecule has 1 aromatic heterocycles. The number of aromatic nitrogens is 1. The van der Waals surface area contributed by atoms with Crippen molar-refractivity contribution in [2.24, 2.45) is 0 Å². The standard InChI is InChI=1S/C15H20N2O3/c1-3-16(4-2)10-7-11-17-14(18)12-8-5-6-9-13(12)20-15(17)19/h5-6,8-9H,3-4,7,10-11H2,1-2H3. The molecule has 0 bridgehead atoms. The summed E-state index contributed by atoms with van der Waals surface area (Å²) >= 11 is 0. The second-order valence-corrected chi connectivity index (χ2v) is 4.70. The van der Waals surface area contributed by atoms with Crippen LogP contribution in [0.15, 0.2) is 38.3 Å². The first kappa shape index (κ1) is 14.5. The van der Waals surface area contributed by atoms with E-state index in [1.54, 1.807) is 24.3 Å². The Hall–Kier alpha value is -1.88. The van der Waals surface area contributed by atoms with Crippen molar-refractivity contribution in [2.45, 2.75) is 26.8 Å². The summed E-state index contributed by atoms with van der Waals surface area (Å²) in [6.45, 7) is 7.39. The summed E-state index contributed by atoms with van der Waals surface area (Å²) in [5.74, 6) is -0.576. The number of nitrogens with zero attached hydrogens (tertiary/aromatic N) is 2. The van der Waals surface area contributed by atoms with Gasteiger partial charge in [0.15, 0.2) is 0 Å². The van der Waals surface area contributed by atoms with Crippen molar-refractivity contribution in [3.8, 4) is 0 Å². The Balaban J connectivity index is 2.22. The van der Waals surface area contributed by atoms with E-state index in [4.69, 9.17) is 4.42 Å². The average molecular weight is 276 g/mol. The van der Waals surface area contributed by atoms with Crippen LogP contribution in [0, 0.1) is 0 Å². The number of hydrogen-bond acceptors (Lipinski definition) is 4. The normalized spacial score (nSPS) is 11.3. The van der Waals surface area contributed by atoms with Gasteiger partial charge in [-0.25, -0.2) is 9.36 Å². The number of para-hydroxylation sites is 1. The predicted octanol–water partition coefficient (Wildman–Crippen LogP) is 1.69. The summed E-state index contributed by atoms with van der Waals surface area (Å²) < 4.78 is 6.36. The minimum absolute atomic E-state index is 0.267. The third kappa shape index (κ3) is 2.99. The van der Waals surface area contributed by atoms with E-state index in [0.29, 0.717) is 17.5 Å². The zero-order chi connectivity index (χ0) is 14.5. The third-order valence-corrected chi connectivity index (χ3v) is 3.53. The van der Waals surface area contributed by atoms with Crippen molar-refractivity contribution in [1.29, 1.82) is 0 Å². The molecule has 0 spiro atoms. The first-order valence-corrected chi connectivity index (χ1v) is 7.02. The van der Waals surface area contributed by atoms with Crippen molar-refractivity contribution in [3.63, 3.8) is 0 Å². The molecule has 0 aliphatic heterocycles. The van der Waals surface area contributed by atoms with E-state index in [1.165, 1.54) is 4.57 Å². The number of rotatable bonds is 6. The molecule has 5 heteroatoms. The van der Waals surface area contributed by atoms with E-state index < -0.39 is 5.76 Å². The first-order chi connectivity index (χ1) is 9.67. The Morgan fingerprint density at radius 3 is 2.55 bits per heavy atom. The van der Waals surface area contributed by atoms with Gasteiger partial charge in [0.05, 0.1) is 5.39 Å². The molecule has 108 valence electrons. The molecular weight excluding hydrogens is 256 g/mol. The Labute approximate surface area is 117 Å². The molecule has 0 atom stereocenters. The van der Waals surface area contributed by atoms with Gasteiger partial charge in [0.25, 0.3) is 5.56 Å². The highest BCUT2D eigenvalue weighted by Crippen LogP contribution is 2.06. The SMILES string of the molecule is CCN(CC)CCCn1c(=O)oc2ccccc2c1=O. The lowest BCUT2D eigenvalue weighted by molar-refractivity contribution is 0.289. The van der Waals surface area contributed by atoms with Gasteiger partial charge in [-0.15, -0.1) is 0 Å². The van der Waals surface area contributed by atoms with Crippen molar-refractivity contribution in [1.82, 2.24) is 9.47 Å². The van der Waals surface area contributed by atoms with Gasteiger partial charge < -0.3 is 9.32 Å². The van der Waals surface area contributed by atoms with Crippen LogP contribution in [-0.4, -0.2) is 29.1 Å². The van der Waals surface area contributed by atoms with Crippen LogP contribution in [0.1, 0.15) is 20.3 Å². The van der Waals surface area contributed by atoms with Crippen molar-refractivity contribution >= 4 is 11.0 Å². The zero-order valence-electron chi connectivity index (χ0n) is 12.0. The van der Waals surface area contributed by atoms with Crippen LogP contribution in [-0.2, 0) is 6.54 Å². The first-order valence-electron chi connectivity index (χ1n) is 7.02. The summed E-state index contributed by atoms with van der Waals surface area (Å²) in [6, 6.07) is 6.83. The summed E-state index contributed by atoms with van der Waals surface area (Å²) in [7, 11) is 0. The Morgan fingerprint density at radius 2 is 1.85 bits per heavy atom. The highest BCUT2D eigenvalue weighted by atomic mass is 16.4. The molecule has 0 saturated carbocycles. The van der Waals surface area contributed by atoms with E-state index in [9.17, 15) is 9.59 Å². The van der Waals surface area contributed by atoms with Crippen molar-refractivity contribution < 1.29 is 4.42 Å². The summed E-state index contributed by atoms with van der Waals surface area (Å²) in [5.41, 5.74) is 0.0823. The monoisotopic (exact) mass is 276 g/mol. The lowest BCUT2D eigenvalue weighted by Crippen LogP contribution is -2.34.